The Morgan fingerprint density at radius 2 is 2.29 bits per heavy atom. The molecule has 0 saturated carbocycles. The molecule has 4 nitrogen and oxygen atoms in total. The third-order valence-corrected chi connectivity index (χ3v) is 2.46. The van der Waals surface area contributed by atoms with Crippen LogP contribution in [0.3, 0.4) is 0 Å². The van der Waals surface area contributed by atoms with Crippen molar-refractivity contribution in [3.63, 3.8) is 0 Å². The molecule has 0 bridgehead atoms. The van der Waals surface area contributed by atoms with Gasteiger partial charge in [-0.1, -0.05) is 0 Å². The summed E-state index contributed by atoms with van der Waals surface area (Å²) in [6, 6.07) is 1.61. The third kappa shape index (κ3) is 1.98. The molecule has 0 atom stereocenters. The van der Waals surface area contributed by atoms with Crippen LogP contribution in [0.2, 0.25) is 0 Å². The van der Waals surface area contributed by atoms with Crippen LogP contribution < -0.4 is 4.74 Å². The predicted molar refractivity (Wildman–Crippen MR) is 54.3 cm³/mol. The van der Waals surface area contributed by atoms with Crippen LogP contribution >= 0.6 is 11.8 Å². The average molecular weight is 213 g/mol. The van der Waals surface area contributed by atoms with Gasteiger partial charge in [-0.2, -0.15) is 0 Å². The summed E-state index contributed by atoms with van der Waals surface area (Å²) in [5.74, 6) is -0.515. The molecule has 0 aliphatic carbocycles. The van der Waals surface area contributed by atoms with Crippen molar-refractivity contribution in [3.05, 3.63) is 17.2 Å². The third-order valence-electron chi connectivity index (χ3n) is 1.78. The van der Waals surface area contributed by atoms with E-state index in [2.05, 4.69) is 4.98 Å². The topological polar surface area (TPSA) is 59.4 Å². The van der Waals surface area contributed by atoms with E-state index >= 15 is 0 Å². The molecular formula is C9H11NO3S. The minimum atomic E-state index is -0.956. The van der Waals surface area contributed by atoms with E-state index < -0.39 is 5.97 Å². The average Bonchev–Trinajstić information content (AvgIpc) is 2.15. The second-order valence-electron chi connectivity index (χ2n) is 2.67. The molecule has 76 valence electrons. The highest BCUT2D eigenvalue weighted by Gasteiger charge is 2.15. The predicted octanol–water partition coefficient (Wildman–Crippen LogP) is 1.82. The number of hydrogen-bond acceptors (Lipinski definition) is 4. The summed E-state index contributed by atoms with van der Waals surface area (Å²) in [5.41, 5.74) is 0.909. The smallest absolute Gasteiger partial charge is 0.338 e. The van der Waals surface area contributed by atoms with Crippen LogP contribution in [0.1, 0.15) is 15.9 Å². The van der Waals surface area contributed by atoms with E-state index in [4.69, 9.17) is 9.84 Å². The summed E-state index contributed by atoms with van der Waals surface area (Å²) < 4.78 is 4.95. The van der Waals surface area contributed by atoms with E-state index in [1.165, 1.54) is 18.9 Å². The van der Waals surface area contributed by atoms with Gasteiger partial charge in [-0.05, 0) is 18.7 Å². The molecule has 1 heterocycles. The van der Waals surface area contributed by atoms with Crippen molar-refractivity contribution in [1.82, 2.24) is 4.98 Å². The van der Waals surface area contributed by atoms with E-state index in [1.807, 2.05) is 0 Å². The van der Waals surface area contributed by atoms with Crippen LogP contribution in [-0.4, -0.2) is 29.4 Å². The van der Waals surface area contributed by atoms with Gasteiger partial charge in [0.25, 0.3) is 0 Å². The van der Waals surface area contributed by atoms with E-state index in [0.717, 1.165) is 0 Å². The van der Waals surface area contributed by atoms with Gasteiger partial charge in [-0.3, -0.25) is 0 Å². The van der Waals surface area contributed by atoms with Crippen LogP contribution in [0, 0.1) is 6.92 Å². The highest BCUT2D eigenvalue weighted by atomic mass is 32.2. The molecule has 0 spiro atoms. The van der Waals surface area contributed by atoms with E-state index in [1.54, 1.807) is 19.2 Å². The van der Waals surface area contributed by atoms with Crippen LogP contribution in [-0.2, 0) is 0 Å². The number of thioether (sulfide) groups is 1. The maximum atomic E-state index is 10.9. The number of carboxylic acid groups (broad SMARTS) is 1. The second kappa shape index (κ2) is 4.32. The van der Waals surface area contributed by atoms with Crippen molar-refractivity contribution in [1.29, 1.82) is 0 Å². The van der Waals surface area contributed by atoms with Gasteiger partial charge < -0.3 is 9.84 Å². The molecule has 1 aromatic heterocycles. The number of nitrogens with zero attached hydrogens (tertiary/aromatic N) is 1. The first-order valence-corrected chi connectivity index (χ1v) is 5.15. The Balaban J connectivity index is 3.34. The minimum Gasteiger partial charge on any atom is -0.481 e. The number of carbonyl (C=O) groups is 1. The first-order valence-electron chi connectivity index (χ1n) is 3.93. The van der Waals surface area contributed by atoms with Gasteiger partial charge in [0, 0.05) is 6.07 Å². The van der Waals surface area contributed by atoms with Gasteiger partial charge in [0.2, 0.25) is 5.88 Å². The Morgan fingerprint density at radius 1 is 1.64 bits per heavy atom. The fourth-order valence-corrected chi connectivity index (χ4v) is 1.76. The molecule has 5 heteroatoms. The normalized spacial score (nSPS) is 9.93. The fraction of sp³-hybridized carbons (Fsp3) is 0.333. The van der Waals surface area contributed by atoms with E-state index in [-0.39, 0.29) is 5.56 Å². The molecule has 0 unspecified atom stereocenters. The van der Waals surface area contributed by atoms with Gasteiger partial charge in [0.1, 0.15) is 5.03 Å². The van der Waals surface area contributed by atoms with Crippen molar-refractivity contribution in [2.45, 2.75) is 11.9 Å². The molecule has 0 radical (unpaired) electrons. The maximum absolute atomic E-state index is 10.9. The van der Waals surface area contributed by atoms with Gasteiger partial charge in [-0.15, -0.1) is 11.8 Å². The van der Waals surface area contributed by atoms with Crippen molar-refractivity contribution in [3.8, 4) is 5.88 Å². The van der Waals surface area contributed by atoms with Crippen LogP contribution in [0.15, 0.2) is 11.1 Å². The lowest BCUT2D eigenvalue weighted by atomic mass is 10.1. The molecule has 0 amide bonds. The zero-order valence-electron chi connectivity index (χ0n) is 8.20. The summed E-state index contributed by atoms with van der Waals surface area (Å²) in [6.07, 6.45) is 1.79. The minimum absolute atomic E-state index is 0.248. The SMILES string of the molecule is COc1cc(C)c(C(=O)O)c(SC)n1. The van der Waals surface area contributed by atoms with Crippen molar-refractivity contribution >= 4 is 17.7 Å². The molecule has 0 aliphatic rings. The van der Waals surface area contributed by atoms with Crippen molar-refractivity contribution in [2.24, 2.45) is 0 Å². The summed E-state index contributed by atoms with van der Waals surface area (Å²) in [6.45, 7) is 1.73. The molecule has 1 aromatic rings. The number of aryl methyl sites for hydroxylation is 1. The van der Waals surface area contributed by atoms with E-state index in [0.29, 0.717) is 16.5 Å². The number of ether oxygens (including phenoxy) is 1. The van der Waals surface area contributed by atoms with Crippen LogP contribution in [0.5, 0.6) is 5.88 Å². The Kier molecular flexibility index (Phi) is 3.35. The number of methoxy groups -OCH3 is 1. The molecule has 0 fully saturated rings. The first-order chi connectivity index (χ1) is 6.60. The van der Waals surface area contributed by atoms with E-state index in [9.17, 15) is 4.79 Å². The fourth-order valence-electron chi connectivity index (χ4n) is 1.13. The molecule has 1 rings (SSSR count). The summed E-state index contributed by atoms with van der Waals surface area (Å²) in [5, 5.41) is 9.43. The number of aromatic nitrogens is 1. The number of rotatable bonds is 3. The molecule has 14 heavy (non-hydrogen) atoms. The van der Waals surface area contributed by atoms with Gasteiger partial charge in [0.05, 0.1) is 12.7 Å². The number of hydrogen-bond donors (Lipinski definition) is 1. The highest BCUT2D eigenvalue weighted by molar-refractivity contribution is 7.98. The summed E-state index contributed by atoms with van der Waals surface area (Å²) >= 11 is 1.30. The standard InChI is InChI=1S/C9H11NO3S/c1-5-4-6(13-2)10-8(14-3)7(5)9(11)12/h4H,1-3H3,(H,11,12). The largest absolute Gasteiger partial charge is 0.481 e. The monoisotopic (exact) mass is 213 g/mol. The molecule has 0 saturated heterocycles. The Labute approximate surface area is 86.3 Å². The number of carboxylic acids is 1. The Bertz CT molecular complexity index is 365. The molecule has 1 N–H and O–H groups in total. The summed E-state index contributed by atoms with van der Waals surface area (Å²) in [7, 11) is 1.51. The lowest BCUT2D eigenvalue weighted by molar-refractivity contribution is 0.0691. The maximum Gasteiger partial charge on any atom is 0.338 e. The Morgan fingerprint density at radius 3 is 2.71 bits per heavy atom. The quantitative estimate of drug-likeness (QED) is 0.776. The van der Waals surface area contributed by atoms with Gasteiger partial charge in [-0.25, -0.2) is 9.78 Å². The zero-order valence-corrected chi connectivity index (χ0v) is 9.01. The number of aromatic carboxylic acids is 1. The second-order valence-corrected chi connectivity index (χ2v) is 3.47. The first kappa shape index (κ1) is 10.8. The van der Waals surface area contributed by atoms with Gasteiger partial charge >= 0.3 is 5.97 Å². The molecule has 0 aromatic carbocycles. The van der Waals surface area contributed by atoms with Crippen molar-refractivity contribution < 1.29 is 14.6 Å². The Hall–Kier alpha value is -1.23. The van der Waals surface area contributed by atoms with Crippen LogP contribution in [0.25, 0.3) is 0 Å². The van der Waals surface area contributed by atoms with Crippen LogP contribution in [0.4, 0.5) is 0 Å². The lowest BCUT2D eigenvalue weighted by Gasteiger charge is -2.07. The summed E-state index contributed by atoms with van der Waals surface area (Å²) in [4.78, 5) is 15.0. The zero-order chi connectivity index (χ0) is 10.7. The number of pyridine rings is 1. The molecule has 0 aliphatic heterocycles. The van der Waals surface area contributed by atoms with Gasteiger partial charge in [0.15, 0.2) is 0 Å². The molecular weight excluding hydrogens is 202 g/mol. The van der Waals surface area contributed by atoms with Crippen molar-refractivity contribution in [2.75, 3.05) is 13.4 Å². The highest BCUT2D eigenvalue weighted by Crippen LogP contribution is 2.24. The lowest BCUT2D eigenvalue weighted by Crippen LogP contribution is -2.05.